The van der Waals surface area contributed by atoms with Gasteiger partial charge in [-0.3, -0.25) is 14.4 Å². The summed E-state index contributed by atoms with van der Waals surface area (Å²) in [6.07, 6.45) is -8.57. The van der Waals surface area contributed by atoms with Gasteiger partial charge in [0.2, 0.25) is 5.91 Å². The maximum absolute atomic E-state index is 14.8. The number of aliphatic hydroxyl groups excluding tert-OH is 5. The highest BCUT2D eigenvalue weighted by atomic mass is 28.4. The van der Waals surface area contributed by atoms with E-state index in [1.165, 1.54) is 0 Å². The smallest absolute Gasteiger partial charge is 0.264 e. The maximum atomic E-state index is 14.8. The summed E-state index contributed by atoms with van der Waals surface area (Å²) in [5.74, 6) is -2.10. The van der Waals surface area contributed by atoms with E-state index in [1.54, 1.807) is 41.1 Å². The number of fused-ring (bicyclic) bond motifs is 2. The largest absolute Gasteiger partial charge is 0.432 e. The van der Waals surface area contributed by atoms with Crippen LogP contribution in [0.4, 0.5) is 11.4 Å². The van der Waals surface area contributed by atoms with Gasteiger partial charge in [-0.25, -0.2) is 0 Å². The van der Waals surface area contributed by atoms with Gasteiger partial charge in [0.25, 0.3) is 11.8 Å². The number of carbonyl (C=O) groups excluding carboxylic acids is 3. The molecule has 4 aliphatic rings. The Labute approximate surface area is 285 Å². The average molecular weight is 700 g/mol. The van der Waals surface area contributed by atoms with E-state index >= 15 is 0 Å². The summed E-state index contributed by atoms with van der Waals surface area (Å²) >= 11 is 0. The van der Waals surface area contributed by atoms with E-state index < -0.39 is 68.1 Å². The molecule has 0 aromatic heterocycles. The predicted octanol–water partition coefficient (Wildman–Crippen LogP) is 0.143. The number of aliphatic hydroxyl groups is 5. The van der Waals surface area contributed by atoms with Crippen molar-refractivity contribution in [2.45, 2.75) is 99.8 Å². The Morgan fingerprint density at radius 1 is 1.04 bits per heavy atom. The Morgan fingerprint density at radius 3 is 2.43 bits per heavy atom. The molecule has 266 valence electrons. The lowest BCUT2D eigenvalue weighted by Crippen LogP contribution is -2.60. The number of hydrogen-bond acceptors (Lipinski definition) is 11. The van der Waals surface area contributed by atoms with Crippen LogP contribution in [-0.2, 0) is 36.0 Å². The minimum absolute atomic E-state index is 0.0879. The van der Waals surface area contributed by atoms with E-state index in [9.17, 15) is 44.7 Å². The van der Waals surface area contributed by atoms with Gasteiger partial charge in [-0.05, 0) is 49.7 Å². The zero-order valence-electron chi connectivity index (χ0n) is 27.7. The van der Waals surface area contributed by atoms with E-state index in [4.69, 9.17) is 9.47 Å². The van der Waals surface area contributed by atoms with Gasteiger partial charge in [0.15, 0.2) is 26.3 Å². The first kappa shape index (κ1) is 35.6. The lowest BCUT2D eigenvalue weighted by atomic mass is 9.82. The Kier molecular flexibility index (Phi) is 9.77. The fraction of sp³-hybridized carbons (Fsp3) is 0.559. The van der Waals surface area contributed by atoms with Crippen LogP contribution in [0, 0.1) is 5.92 Å². The van der Waals surface area contributed by atoms with Crippen LogP contribution in [0.25, 0.3) is 0 Å². The van der Waals surface area contributed by atoms with Gasteiger partial charge in [0, 0.05) is 29.3 Å². The summed E-state index contributed by atoms with van der Waals surface area (Å²) in [6, 6.07) is 13.9. The molecule has 0 saturated carbocycles. The summed E-state index contributed by atoms with van der Waals surface area (Å²) in [6.45, 7) is 5.91. The number of amides is 3. The molecule has 3 fully saturated rings. The van der Waals surface area contributed by atoms with Gasteiger partial charge in [0.05, 0.1) is 37.4 Å². The minimum Gasteiger partial charge on any atom is -0.432 e. The molecular formula is C34H45N3O11Si. The van der Waals surface area contributed by atoms with Gasteiger partial charge in [-0.2, -0.15) is 0 Å². The monoisotopic (exact) mass is 699 g/mol. The number of ether oxygens (including phenoxy) is 2. The summed E-state index contributed by atoms with van der Waals surface area (Å²) in [5, 5.41) is 52.8. The molecule has 0 bridgehead atoms. The van der Waals surface area contributed by atoms with Crippen LogP contribution in [-0.4, -0.2) is 117 Å². The molecule has 49 heavy (non-hydrogen) atoms. The third-order valence-corrected chi connectivity index (χ3v) is 13.1. The third-order valence-electron chi connectivity index (χ3n) is 10.6. The molecule has 0 aliphatic carbocycles. The van der Waals surface area contributed by atoms with Crippen LogP contribution in [0.3, 0.4) is 0 Å². The first-order valence-corrected chi connectivity index (χ1v) is 19.7. The molecule has 14 nitrogen and oxygen atoms in total. The van der Waals surface area contributed by atoms with E-state index in [0.717, 1.165) is 12.0 Å². The summed E-state index contributed by atoms with van der Waals surface area (Å²) in [7, 11) is -3.11. The number of anilines is 2. The molecule has 3 saturated heterocycles. The van der Waals surface area contributed by atoms with Crippen molar-refractivity contribution < 1.29 is 54.2 Å². The molecule has 2 aromatic carbocycles. The number of rotatable bonds is 8. The van der Waals surface area contributed by atoms with Crippen molar-refractivity contribution in [3.05, 3.63) is 59.7 Å². The zero-order valence-corrected chi connectivity index (χ0v) is 28.7. The summed E-state index contributed by atoms with van der Waals surface area (Å²) < 4.78 is 11.9. The van der Waals surface area contributed by atoms with Crippen LogP contribution in [0.15, 0.2) is 48.5 Å². The highest BCUT2D eigenvalue weighted by Crippen LogP contribution is 2.60. The quantitative estimate of drug-likeness (QED) is 0.184. The van der Waals surface area contributed by atoms with E-state index in [-0.39, 0.29) is 43.1 Å². The highest BCUT2D eigenvalue weighted by Gasteiger charge is 2.66. The van der Waals surface area contributed by atoms with Crippen molar-refractivity contribution in [2.24, 2.45) is 5.92 Å². The lowest BCUT2D eigenvalue weighted by Gasteiger charge is -2.37. The second-order valence-electron chi connectivity index (χ2n) is 14.1. The van der Waals surface area contributed by atoms with Crippen molar-refractivity contribution in [1.29, 1.82) is 0 Å². The lowest BCUT2D eigenvalue weighted by molar-refractivity contribution is -0.274. The summed E-state index contributed by atoms with van der Waals surface area (Å²) in [4.78, 5) is 56.6. The zero-order chi connectivity index (χ0) is 35.4. The van der Waals surface area contributed by atoms with Crippen molar-refractivity contribution in [3.63, 3.8) is 0 Å². The Hall–Kier alpha value is -3.25. The Balaban J connectivity index is 1.38. The number of likely N-dealkylation sites (tertiary alicyclic amines) is 1. The molecule has 0 unspecified atom stereocenters. The van der Waals surface area contributed by atoms with Gasteiger partial charge >= 0.3 is 0 Å². The molecule has 15 heteroatoms. The molecule has 4 aliphatic heterocycles. The van der Waals surface area contributed by atoms with Crippen LogP contribution >= 0.6 is 0 Å². The molecule has 1 spiro atoms. The first-order valence-electron chi connectivity index (χ1n) is 16.7. The van der Waals surface area contributed by atoms with Crippen molar-refractivity contribution in [1.82, 2.24) is 4.90 Å². The van der Waals surface area contributed by atoms with E-state index in [0.29, 0.717) is 24.2 Å². The molecule has 0 radical (unpaired) electrons. The molecule has 6 rings (SSSR count). The molecule has 2 aromatic rings. The molecular weight excluding hydrogens is 654 g/mol. The molecule has 10 atom stereocenters. The molecule has 4 heterocycles. The van der Waals surface area contributed by atoms with Crippen LogP contribution in [0.5, 0.6) is 0 Å². The second-order valence-corrected chi connectivity index (χ2v) is 18.1. The molecule has 3 amide bonds. The van der Waals surface area contributed by atoms with Crippen LogP contribution < -0.4 is 10.2 Å². The fourth-order valence-electron chi connectivity index (χ4n) is 8.21. The van der Waals surface area contributed by atoms with Crippen LogP contribution in [0.1, 0.15) is 37.3 Å². The second kappa shape index (κ2) is 13.5. The third kappa shape index (κ3) is 6.21. The van der Waals surface area contributed by atoms with E-state index in [2.05, 4.69) is 5.32 Å². The molecule has 7 N–H and O–H groups in total. The van der Waals surface area contributed by atoms with Gasteiger partial charge in [-0.1, -0.05) is 37.3 Å². The Bertz CT molecular complexity index is 1570. The maximum Gasteiger partial charge on any atom is 0.264 e. The van der Waals surface area contributed by atoms with Gasteiger partial charge in [-0.15, -0.1) is 0 Å². The predicted molar refractivity (Wildman–Crippen MR) is 177 cm³/mol. The van der Waals surface area contributed by atoms with E-state index in [1.807, 2.05) is 37.3 Å². The van der Waals surface area contributed by atoms with Crippen LogP contribution in [0.2, 0.25) is 18.6 Å². The number of benzene rings is 2. The summed E-state index contributed by atoms with van der Waals surface area (Å²) in [5.41, 5.74) is -0.186. The average Bonchev–Trinajstić information content (AvgIpc) is 3.72. The fourth-order valence-corrected chi connectivity index (χ4v) is 10.8. The minimum atomic E-state index is -3.11. The number of carbonyl (C=O) groups is 3. The SMILES string of the molecule is C[C@@H]1[C@@H]([Si](C)(C)O)[C@H](CC(=O)N2CCC[C@H]2CO)O[C@@]12C(=O)N(Cc1ccccc1)c1ccc(NC(=O)[C@H]3O[C@@H](O)[C@H](O)[C@@H](O)[C@@H]3O)cc12. The standard InChI is InChI=1S/C34H45N3O11Si/c1-18-30(49(2,3)46)24(15-25(39)36-13-7-10-21(36)17-38)48-34(18)22-14-20(35-31(43)29-27(41)26(40)28(42)32(44)47-29)11-12-23(22)37(33(34)45)16-19-8-5-4-6-9-19/h4-6,8-9,11-12,14,18,21,24,26-30,32,38,40-42,44,46H,7,10,13,15-17H2,1-3H3,(H,35,43)/t18-,21+,24+,26+,27+,28-,29+,30-,32-,34+/m1/s1. The Morgan fingerprint density at radius 2 is 1.76 bits per heavy atom. The van der Waals surface area contributed by atoms with Crippen molar-refractivity contribution in [2.75, 3.05) is 23.4 Å². The first-order chi connectivity index (χ1) is 23.2. The van der Waals surface area contributed by atoms with Crippen molar-refractivity contribution in [3.8, 4) is 0 Å². The number of nitrogens with one attached hydrogen (secondary N) is 1. The van der Waals surface area contributed by atoms with Gasteiger partial charge in [0.1, 0.15) is 18.3 Å². The number of nitrogens with zero attached hydrogens (tertiary/aromatic N) is 2. The number of hydrogen-bond donors (Lipinski definition) is 7. The highest BCUT2D eigenvalue weighted by molar-refractivity contribution is 6.71. The van der Waals surface area contributed by atoms with Gasteiger partial charge < -0.3 is 54.9 Å². The topological polar surface area (TPSA) is 210 Å². The van der Waals surface area contributed by atoms with Crippen molar-refractivity contribution >= 4 is 37.4 Å². The normalized spacial score (nSPS) is 34.5.